The molecule has 0 bridgehead atoms. The normalized spacial score (nSPS) is 10.6. The van der Waals surface area contributed by atoms with Crippen LogP contribution in [0.25, 0.3) is 11.0 Å². The number of amides is 1. The van der Waals surface area contributed by atoms with Crippen molar-refractivity contribution in [2.75, 3.05) is 0 Å². The fourth-order valence-electron chi connectivity index (χ4n) is 2.16. The van der Waals surface area contributed by atoms with Gasteiger partial charge < -0.3 is 5.32 Å². The van der Waals surface area contributed by atoms with E-state index in [1.807, 2.05) is 31.2 Å². The van der Waals surface area contributed by atoms with E-state index < -0.39 is 0 Å². The van der Waals surface area contributed by atoms with Gasteiger partial charge in [-0.05, 0) is 43.3 Å². The second kappa shape index (κ2) is 5.89. The number of carbonyl (C=O) groups excluding carboxylic acids is 1. The number of hydrogen-bond donors (Lipinski definition) is 1. The number of nitrogens with zero attached hydrogens (tertiary/aromatic N) is 2. The van der Waals surface area contributed by atoms with Crippen molar-refractivity contribution < 1.29 is 9.18 Å². The summed E-state index contributed by atoms with van der Waals surface area (Å²) >= 11 is 0. The first-order chi connectivity index (χ1) is 10.6. The molecule has 1 heterocycles. The van der Waals surface area contributed by atoms with Crippen molar-refractivity contribution in [3.05, 3.63) is 71.3 Å². The Balaban J connectivity index is 1.77. The van der Waals surface area contributed by atoms with E-state index in [-0.39, 0.29) is 18.3 Å². The Morgan fingerprint density at radius 1 is 1.05 bits per heavy atom. The smallest absolute Gasteiger partial charge is 0.251 e. The molecular formula is C17H14FN3O. The minimum Gasteiger partial charge on any atom is -0.346 e. The van der Waals surface area contributed by atoms with Crippen LogP contribution in [0.4, 0.5) is 4.39 Å². The molecule has 22 heavy (non-hydrogen) atoms. The first-order valence-corrected chi connectivity index (χ1v) is 6.89. The third-order valence-corrected chi connectivity index (χ3v) is 3.37. The molecule has 5 heteroatoms. The molecule has 1 aromatic heterocycles. The lowest BCUT2D eigenvalue weighted by Crippen LogP contribution is -2.24. The van der Waals surface area contributed by atoms with Gasteiger partial charge in [-0.15, -0.1) is 0 Å². The summed E-state index contributed by atoms with van der Waals surface area (Å²) in [4.78, 5) is 21.0. The van der Waals surface area contributed by atoms with Gasteiger partial charge >= 0.3 is 0 Å². The van der Waals surface area contributed by atoms with Gasteiger partial charge in [0.1, 0.15) is 5.82 Å². The quantitative estimate of drug-likeness (QED) is 0.808. The molecule has 0 fully saturated rings. The average Bonchev–Trinajstić information content (AvgIpc) is 2.53. The van der Waals surface area contributed by atoms with Crippen LogP contribution in [0.1, 0.15) is 21.7 Å². The van der Waals surface area contributed by atoms with E-state index >= 15 is 0 Å². The Labute approximate surface area is 127 Å². The molecule has 0 spiro atoms. The third kappa shape index (κ3) is 2.93. The molecule has 0 saturated carbocycles. The summed E-state index contributed by atoms with van der Waals surface area (Å²) in [5.41, 5.74) is 3.52. The standard InChI is InChI=1S/C17H14FN3O/c1-11-16(21-15-5-3-2-4-14(15)20-11)10-19-17(22)12-6-8-13(18)9-7-12/h2-9H,10H2,1H3,(H,19,22). The predicted octanol–water partition coefficient (Wildman–Crippen LogP) is 3.01. The number of halogens is 1. The van der Waals surface area contributed by atoms with Crippen LogP contribution in [-0.2, 0) is 6.54 Å². The number of rotatable bonds is 3. The van der Waals surface area contributed by atoms with Gasteiger partial charge in [0.05, 0.1) is 29.0 Å². The zero-order valence-corrected chi connectivity index (χ0v) is 12.0. The predicted molar refractivity (Wildman–Crippen MR) is 81.8 cm³/mol. The van der Waals surface area contributed by atoms with E-state index in [9.17, 15) is 9.18 Å². The maximum atomic E-state index is 12.9. The number of para-hydroxylation sites is 2. The highest BCUT2D eigenvalue weighted by atomic mass is 19.1. The van der Waals surface area contributed by atoms with Crippen molar-refractivity contribution in [1.29, 1.82) is 0 Å². The van der Waals surface area contributed by atoms with Gasteiger partial charge in [0, 0.05) is 5.56 Å². The number of benzene rings is 2. The average molecular weight is 295 g/mol. The minimum absolute atomic E-state index is 0.269. The van der Waals surface area contributed by atoms with E-state index in [0.29, 0.717) is 11.3 Å². The summed E-state index contributed by atoms with van der Waals surface area (Å²) < 4.78 is 12.9. The maximum Gasteiger partial charge on any atom is 0.251 e. The van der Waals surface area contributed by atoms with Gasteiger partial charge in [-0.2, -0.15) is 0 Å². The van der Waals surface area contributed by atoms with Crippen molar-refractivity contribution >= 4 is 16.9 Å². The van der Waals surface area contributed by atoms with Gasteiger partial charge in [0.25, 0.3) is 5.91 Å². The highest BCUT2D eigenvalue weighted by Gasteiger charge is 2.09. The van der Waals surface area contributed by atoms with Crippen LogP contribution in [-0.4, -0.2) is 15.9 Å². The molecule has 4 nitrogen and oxygen atoms in total. The molecule has 0 aliphatic rings. The van der Waals surface area contributed by atoms with Crippen LogP contribution >= 0.6 is 0 Å². The number of aromatic nitrogens is 2. The zero-order valence-electron chi connectivity index (χ0n) is 12.0. The van der Waals surface area contributed by atoms with Crippen molar-refractivity contribution in [3.63, 3.8) is 0 Å². The Morgan fingerprint density at radius 2 is 1.68 bits per heavy atom. The number of hydrogen-bond acceptors (Lipinski definition) is 3. The van der Waals surface area contributed by atoms with Crippen LogP contribution in [0.2, 0.25) is 0 Å². The molecule has 3 rings (SSSR count). The summed E-state index contributed by atoms with van der Waals surface area (Å²) in [5, 5.41) is 2.78. The molecule has 3 aromatic rings. The van der Waals surface area contributed by atoms with E-state index in [1.54, 1.807) is 0 Å². The topological polar surface area (TPSA) is 54.9 Å². The molecule has 1 N–H and O–H groups in total. The molecule has 1 amide bonds. The maximum absolute atomic E-state index is 12.9. The number of aryl methyl sites for hydroxylation is 1. The fraction of sp³-hybridized carbons (Fsp3) is 0.118. The molecule has 0 aliphatic heterocycles. The van der Waals surface area contributed by atoms with Gasteiger partial charge in [0.15, 0.2) is 0 Å². The fourth-order valence-corrected chi connectivity index (χ4v) is 2.16. The lowest BCUT2D eigenvalue weighted by Gasteiger charge is -2.08. The van der Waals surface area contributed by atoms with E-state index in [4.69, 9.17) is 0 Å². The summed E-state index contributed by atoms with van der Waals surface area (Å²) in [6.45, 7) is 2.14. The molecule has 2 aromatic carbocycles. The Bertz CT molecular complexity index is 831. The Kier molecular flexibility index (Phi) is 3.78. The molecule has 0 aliphatic carbocycles. The van der Waals surface area contributed by atoms with Crippen LogP contribution in [0.5, 0.6) is 0 Å². The van der Waals surface area contributed by atoms with Crippen LogP contribution in [0.3, 0.4) is 0 Å². The largest absolute Gasteiger partial charge is 0.346 e. The Hall–Kier alpha value is -2.82. The number of carbonyl (C=O) groups is 1. The molecule has 0 radical (unpaired) electrons. The molecular weight excluding hydrogens is 281 g/mol. The second-order valence-electron chi connectivity index (χ2n) is 4.93. The van der Waals surface area contributed by atoms with Crippen LogP contribution in [0.15, 0.2) is 48.5 Å². The molecule has 110 valence electrons. The summed E-state index contributed by atoms with van der Waals surface area (Å²) in [7, 11) is 0. The first-order valence-electron chi connectivity index (χ1n) is 6.89. The van der Waals surface area contributed by atoms with E-state index in [0.717, 1.165) is 16.7 Å². The second-order valence-corrected chi connectivity index (χ2v) is 4.93. The van der Waals surface area contributed by atoms with Crippen LogP contribution < -0.4 is 5.32 Å². The zero-order chi connectivity index (χ0) is 15.5. The van der Waals surface area contributed by atoms with Gasteiger partial charge in [-0.25, -0.2) is 14.4 Å². The highest BCUT2D eigenvalue weighted by Crippen LogP contribution is 2.12. The molecule has 0 unspecified atom stereocenters. The third-order valence-electron chi connectivity index (χ3n) is 3.37. The van der Waals surface area contributed by atoms with Gasteiger partial charge in [-0.3, -0.25) is 4.79 Å². The van der Waals surface area contributed by atoms with Crippen molar-refractivity contribution in [3.8, 4) is 0 Å². The Morgan fingerprint density at radius 3 is 2.36 bits per heavy atom. The van der Waals surface area contributed by atoms with Gasteiger partial charge in [-0.1, -0.05) is 12.1 Å². The monoisotopic (exact) mass is 295 g/mol. The van der Waals surface area contributed by atoms with E-state index in [2.05, 4.69) is 15.3 Å². The number of fused-ring (bicyclic) bond motifs is 1. The molecule has 0 saturated heterocycles. The summed E-state index contributed by atoms with van der Waals surface area (Å²) in [6.07, 6.45) is 0. The SMILES string of the molecule is Cc1nc2ccccc2nc1CNC(=O)c1ccc(F)cc1. The van der Waals surface area contributed by atoms with E-state index in [1.165, 1.54) is 24.3 Å². The lowest BCUT2D eigenvalue weighted by molar-refractivity contribution is 0.0950. The highest BCUT2D eigenvalue weighted by molar-refractivity contribution is 5.94. The molecule has 0 atom stereocenters. The summed E-state index contributed by atoms with van der Waals surface area (Å²) in [5.74, 6) is -0.637. The minimum atomic E-state index is -0.368. The number of nitrogens with one attached hydrogen (secondary N) is 1. The summed E-state index contributed by atoms with van der Waals surface area (Å²) in [6, 6.07) is 13.0. The van der Waals surface area contributed by atoms with Gasteiger partial charge in [0.2, 0.25) is 0 Å². The van der Waals surface area contributed by atoms with Crippen molar-refractivity contribution in [1.82, 2.24) is 15.3 Å². The van der Waals surface area contributed by atoms with Crippen LogP contribution in [0, 0.1) is 12.7 Å². The first kappa shape index (κ1) is 14.1. The van der Waals surface area contributed by atoms with Crippen molar-refractivity contribution in [2.24, 2.45) is 0 Å². The lowest BCUT2D eigenvalue weighted by atomic mass is 10.2. The van der Waals surface area contributed by atoms with Crippen molar-refractivity contribution in [2.45, 2.75) is 13.5 Å².